The Morgan fingerprint density at radius 1 is 0.940 bits per heavy atom. The van der Waals surface area contributed by atoms with Gasteiger partial charge in [-0.1, -0.05) is 59.1 Å². The zero-order chi connectivity index (χ0) is 35.4. The summed E-state index contributed by atoms with van der Waals surface area (Å²) in [5, 5.41) is 12.6. The Kier molecular flexibility index (Phi) is 11.2. The molecule has 13 heteroatoms. The molecule has 3 aliphatic rings. The molecule has 3 aliphatic heterocycles. The highest BCUT2D eigenvalue weighted by Gasteiger charge is 2.37. The number of fused-ring (bicyclic) bond motifs is 3. The van der Waals surface area contributed by atoms with E-state index in [4.69, 9.17) is 53.8 Å². The van der Waals surface area contributed by atoms with Crippen molar-refractivity contribution in [3.63, 3.8) is 0 Å². The molecule has 2 atom stereocenters. The molecule has 3 saturated heterocycles. The number of aromatic nitrogens is 1. The van der Waals surface area contributed by atoms with Gasteiger partial charge in [-0.3, -0.25) is 9.80 Å². The lowest BCUT2D eigenvalue weighted by atomic mass is 9.86. The number of carbonyl (C=O) groups is 2. The second-order valence-electron chi connectivity index (χ2n) is 12.3. The van der Waals surface area contributed by atoms with Crippen LogP contribution in [0.25, 0.3) is 0 Å². The molecule has 7 rings (SSSR count). The predicted molar refractivity (Wildman–Crippen MR) is 190 cm³/mol. The minimum Gasteiger partial charge on any atom is -0.619 e. The van der Waals surface area contributed by atoms with Crippen LogP contribution in [0.2, 0.25) is 15.1 Å². The lowest BCUT2D eigenvalue weighted by Crippen LogP contribution is -2.53. The van der Waals surface area contributed by atoms with Crippen LogP contribution >= 0.6 is 34.8 Å². The van der Waals surface area contributed by atoms with Crippen LogP contribution in [0.1, 0.15) is 46.0 Å². The number of hydrogen-bond acceptors (Lipinski definition) is 8. The van der Waals surface area contributed by atoms with E-state index in [1.807, 2.05) is 6.07 Å². The minimum atomic E-state index is -0.886. The summed E-state index contributed by atoms with van der Waals surface area (Å²) in [6, 6.07) is 19.0. The first-order valence-electron chi connectivity index (χ1n) is 16.2. The molecular formula is C37H36Cl3N3O7. The predicted octanol–water partition coefficient (Wildman–Crippen LogP) is 7.68. The van der Waals surface area contributed by atoms with Crippen LogP contribution in [0.4, 0.5) is 10.5 Å². The Morgan fingerprint density at radius 3 is 2.32 bits per heavy atom. The lowest BCUT2D eigenvalue weighted by Gasteiger charge is -2.44. The number of piperidine rings is 3. The summed E-state index contributed by atoms with van der Waals surface area (Å²) >= 11 is 19.2. The number of rotatable bonds is 11. The molecule has 0 saturated carbocycles. The summed E-state index contributed by atoms with van der Waals surface area (Å²) in [7, 11) is 3.03. The molecule has 0 unspecified atom stereocenters. The van der Waals surface area contributed by atoms with Gasteiger partial charge in [-0.05, 0) is 85.4 Å². The number of benzene rings is 3. The molecule has 3 aromatic carbocycles. The maximum Gasteiger partial charge on any atom is 0.414 e. The SMILES string of the molecule is COc1ccc([C@H](Cc2c(Cl)c[n+]([O-])cc2Cl)OC(=O)c2cccc(CN(C(=O)O[C@H]3CN4CCC3CC4)c3cccc(Cl)c3)c2)cc1OC. The molecule has 0 radical (unpaired) electrons. The molecule has 0 spiro atoms. The maximum atomic E-state index is 13.8. The largest absolute Gasteiger partial charge is 0.619 e. The third kappa shape index (κ3) is 8.21. The van der Waals surface area contributed by atoms with Crippen LogP contribution in [0.3, 0.4) is 0 Å². The summed E-state index contributed by atoms with van der Waals surface area (Å²) in [6.45, 7) is 2.89. The highest BCUT2D eigenvalue weighted by atomic mass is 35.5. The Bertz CT molecular complexity index is 1840. The highest BCUT2D eigenvalue weighted by molar-refractivity contribution is 6.35. The monoisotopic (exact) mass is 739 g/mol. The fraction of sp³-hybridized carbons (Fsp3) is 0.324. The molecule has 50 heavy (non-hydrogen) atoms. The van der Waals surface area contributed by atoms with Gasteiger partial charge in [0, 0.05) is 29.2 Å². The first kappa shape index (κ1) is 35.6. The number of halogens is 3. The van der Waals surface area contributed by atoms with E-state index in [0.717, 1.165) is 32.5 Å². The zero-order valence-corrected chi connectivity index (χ0v) is 29.8. The number of esters is 1. The van der Waals surface area contributed by atoms with Gasteiger partial charge in [-0.25, -0.2) is 9.59 Å². The number of amides is 1. The molecule has 4 heterocycles. The van der Waals surface area contributed by atoms with Crippen molar-refractivity contribution in [2.75, 3.05) is 38.8 Å². The second-order valence-corrected chi connectivity index (χ2v) is 13.6. The van der Waals surface area contributed by atoms with E-state index in [0.29, 0.717) is 49.5 Å². The summed E-state index contributed by atoms with van der Waals surface area (Å²) in [5.41, 5.74) is 2.51. The van der Waals surface area contributed by atoms with Crippen LogP contribution in [-0.2, 0) is 22.4 Å². The van der Waals surface area contributed by atoms with E-state index < -0.39 is 18.2 Å². The van der Waals surface area contributed by atoms with Crippen LogP contribution < -0.4 is 19.1 Å². The Hall–Kier alpha value is -4.22. The second kappa shape index (κ2) is 15.8. The van der Waals surface area contributed by atoms with Gasteiger partial charge >= 0.3 is 12.1 Å². The van der Waals surface area contributed by atoms with Gasteiger partial charge in [-0.15, -0.1) is 0 Å². The number of ether oxygens (including phenoxy) is 4. The lowest BCUT2D eigenvalue weighted by molar-refractivity contribution is -0.605. The summed E-state index contributed by atoms with van der Waals surface area (Å²) in [6.07, 6.45) is 2.89. The number of carbonyl (C=O) groups excluding carboxylic acids is 2. The first-order chi connectivity index (χ1) is 24.1. The molecule has 0 aliphatic carbocycles. The van der Waals surface area contributed by atoms with Gasteiger partial charge in [0.15, 0.2) is 23.9 Å². The summed E-state index contributed by atoms with van der Waals surface area (Å²) < 4.78 is 23.6. The third-order valence-corrected chi connectivity index (χ3v) is 10.1. The smallest absolute Gasteiger partial charge is 0.414 e. The van der Waals surface area contributed by atoms with Gasteiger partial charge in [0.1, 0.15) is 22.3 Å². The summed E-state index contributed by atoms with van der Waals surface area (Å²) in [4.78, 5) is 31.4. The van der Waals surface area contributed by atoms with Gasteiger partial charge in [0.2, 0.25) is 0 Å². The average Bonchev–Trinajstić information content (AvgIpc) is 3.11. The zero-order valence-electron chi connectivity index (χ0n) is 27.5. The number of nitrogens with zero attached hydrogens (tertiary/aromatic N) is 3. The minimum absolute atomic E-state index is 0.0629. The highest BCUT2D eigenvalue weighted by Crippen LogP contribution is 2.36. The van der Waals surface area contributed by atoms with Gasteiger partial charge in [0.25, 0.3) is 0 Å². The fourth-order valence-electron chi connectivity index (χ4n) is 6.51. The topological polar surface area (TPSA) is 104 Å². The van der Waals surface area contributed by atoms with E-state index in [2.05, 4.69) is 4.90 Å². The van der Waals surface area contributed by atoms with Crippen molar-refractivity contribution in [1.29, 1.82) is 0 Å². The molecule has 0 N–H and O–H groups in total. The Balaban J connectivity index is 1.26. The molecule has 4 aromatic rings. The van der Waals surface area contributed by atoms with Crippen molar-refractivity contribution in [2.45, 2.75) is 38.0 Å². The first-order valence-corrected chi connectivity index (χ1v) is 17.3. The number of anilines is 1. The normalized spacial score (nSPS) is 18.6. The standard InChI is InChI=1S/C37H36Cl3N3O7/c1-47-32-10-9-25(16-34(32)48-2)33(18-29-30(39)20-42(46)21-31(29)40)49-36(44)26-6-3-5-23(15-26)19-43(28-8-4-7-27(38)17-28)37(45)50-35-22-41-13-11-24(35)12-14-41/h3-10,15-17,20-21,24,33,35H,11-14,18-19,22H2,1-2H3/t33-,35-/m0/s1. The molecule has 1 aromatic heterocycles. The number of methoxy groups -OCH3 is 2. The number of hydrogen-bond donors (Lipinski definition) is 0. The molecular weight excluding hydrogens is 705 g/mol. The van der Waals surface area contributed by atoms with Crippen molar-refractivity contribution in [3.8, 4) is 11.5 Å². The Morgan fingerprint density at radius 2 is 1.66 bits per heavy atom. The maximum absolute atomic E-state index is 13.8. The van der Waals surface area contributed by atoms with Crippen molar-refractivity contribution in [3.05, 3.63) is 122 Å². The fourth-order valence-corrected chi connectivity index (χ4v) is 7.29. The van der Waals surface area contributed by atoms with Crippen LogP contribution in [-0.4, -0.2) is 56.9 Å². The van der Waals surface area contributed by atoms with E-state index >= 15 is 0 Å². The van der Waals surface area contributed by atoms with Gasteiger partial charge < -0.3 is 24.2 Å². The van der Waals surface area contributed by atoms with Crippen molar-refractivity contribution in [2.24, 2.45) is 5.92 Å². The molecule has 262 valence electrons. The van der Waals surface area contributed by atoms with E-state index in [1.165, 1.54) is 31.5 Å². The van der Waals surface area contributed by atoms with E-state index in [1.54, 1.807) is 60.7 Å². The van der Waals surface area contributed by atoms with Gasteiger partial charge in [-0.2, -0.15) is 4.73 Å². The molecule has 1 amide bonds. The van der Waals surface area contributed by atoms with Crippen LogP contribution in [0.5, 0.6) is 11.5 Å². The van der Waals surface area contributed by atoms with Crippen molar-refractivity contribution >= 4 is 52.6 Å². The van der Waals surface area contributed by atoms with Crippen molar-refractivity contribution < 1.29 is 33.3 Å². The molecule has 10 nitrogen and oxygen atoms in total. The summed E-state index contributed by atoms with van der Waals surface area (Å²) in [5.74, 6) is 0.636. The van der Waals surface area contributed by atoms with Gasteiger partial charge in [0.05, 0.1) is 26.3 Å². The Labute approximate surface area is 305 Å². The van der Waals surface area contributed by atoms with Crippen LogP contribution in [0, 0.1) is 11.1 Å². The quantitative estimate of drug-likeness (QED) is 0.0877. The third-order valence-electron chi connectivity index (χ3n) is 9.17. The molecule has 2 bridgehead atoms. The van der Waals surface area contributed by atoms with Crippen molar-refractivity contribution in [1.82, 2.24) is 4.90 Å². The van der Waals surface area contributed by atoms with Crippen LogP contribution in [0.15, 0.2) is 79.1 Å². The number of pyridine rings is 1. The molecule has 3 fully saturated rings. The van der Waals surface area contributed by atoms with E-state index in [-0.39, 0.29) is 34.7 Å². The van der Waals surface area contributed by atoms with E-state index in [9.17, 15) is 14.8 Å². The average molecular weight is 741 g/mol.